The van der Waals surface area contributed by atoms with Crippen molar-refractivity contribution in [1.29, 1.82) is 0 Å². The quantitative estimate of drug-likeness (QED) is 0.772. The van der Waals surface area contributed by atoms with Crippen LogP contribution < -0.4 is 10.1 Å². The first-order chi connectivity index (χ1) is 7.99. The molecule has 96 valence electrons. The molecule has 0 bridgehead atoms. The summed E-state index contributed by atoms with van der Waals surface area (Å²) in [5.41, 5.74) is 2.58. The van der Waals surface area contributed by atoms with Gasteiger partial charge >= 0.3 is 0 Å². The first-order valence-corrected chi connectivity index (χ1v) is 6.44. The second-order valence-electron chi connectivity index (χ2n) is 5.41. The molecule has 0 aliphatic carbocycles. The van der Waals surface area contributed by atoms with Gasteiger partial charge in [-0.05, 0) is 29.5 Å². The van der Waals surface area contributed by atoms with Gasteiger partial charge in [0.2, 0.25) is 0 Å². The van der Waals surface area contributed by atoms with Crippen LogP contribution in [0.5, 0.6) is 5.75 Å². The van der Waals surface area contributed by atoms with E-state index in [-0.39, 0.29) is 5.41 Å². The number of anilines is 1. The van der Waals surface area contributed by atoms with E-state index in [4.69, 9.17) is 4.74 Å². The SMILES string of the molecule is CCCCOc1ccc(C(C)(C)C)cc1NC. The highest BCUT2D eigenvalue weighted by Gasteiger charge is 2.15. The first-order valence-electron chi connectivity index (χ1n) is 6.44. The molecule has 2 nitrogen and oxygen atoms in total. The number of hydrogen-bond donors (Lipinski definition) is 1. The molecule has 0 amide bonds. The third-order valence-electron chi connectivity index (χ3n) is 2.87. The molecule has 0 saturated heterocycles. The van der Waals surface area contributed by atoms with Crippen molar-refractivity contribution in [3.8, 4) is 5.75 Å². The Morgan fingerprint density at radius 1 is 1.24 bits per heavy atom. The lowest BCUT2D eigenvalue weighted by molar-refractivity contribution is 0.310. The second kappa shape index (κ2) is 5.95. The van der Waals surface area contributed by atoms with E-state index < -0.39 is 0 Å². The summed E-state index contributed by atoms with van der Waals surface area (Å²) >= 11 is 0. The fourth-order valence-electron chi connectivity index (χ4n) is 1.64. The van der Waals surface area contributed by atoms with Gasteiger partial charge in [-0.3, -0.25) is 0 Å². The highest BCUT2D eigenvalue weighted by molar-refractivity contribution is 5.58. The third kappa shape index (κ3) is 3.95. The summed E-state index contributed by atoms with van der Waals surface area (Å²) in [6.07, 6.45) is 2.26. The molecule has 2 heteroatoms. The Balaban J connectivity index is 2.86. The molecule has 0 aromatic heterocycles. The lowest BCUT2D eigenvalue weighted by atomic mass is 9.87. The number of rotatable bonds is 5. The number of nitrogens with one attached hydrogen (secondary N) is 1. The molecule has 0 aliphatic heterocycles. The van der Waals surface area contributed by atoms with Crippen molar-refractivity contribution in [2.45, 2.75) is 46.0 Å². The van der Waals surface area contributed by atoms with Crippen molar-refractivity contribution < 1.29 is 4.74 Å². The normalized spacial score (nSPS) is 11.4. The predicted octanol–water partition coefficient (Wildman–Crippen LogP) is 4.20. The monoisotopic (exact) mass is 235 g/mol. The first kappa shape index (κ1) is 13.9. The average Bonchev–Trinajstić information content (AvgIpc) is 2.28. The van der Waals surface area contributed by atoms with Crippen LogP contribution in [0.15, 0.2) is 18.2 Å². The van der Waals surface area contributed by atoms with E-state index >= 15 is 0 Å². The highest BCUT2D eigenvalue weighted by atomic mass is 16.5. The van der Waals surface area contributed by atoms with Crippen molar-refractivity contribution >= 4 is 5.69 Å². The van der Waals surface area contributed by atoms with E-state index in [9.17, 15) is 0 Å². The molecule has 17 heavy (non-hydrogen) atoms. The molecule has 0 aliphatic rings. The molecule has 0 radical (unpaired) electrons. The van der Waals surface area contributed by atoms with E-state index in [1.165, 1.54) is 5.56 Å². The Kier molecular flexibility index (Phi) is 4.86. The van der Waals surface area contributed by atoms with Gasteiger partial charge in [-0.2, -0.15) is 0 Å². The molecular weight excluding hydrogens is 210 g/mol. The van der Waals surface area contributed by atoms with Crippen molar-refractivity contribution in [1.82, 2.24) is 0 Å². The molecule has 0 fully saturated rings. The van der Waals surface area contributed by atoms with Gasteiger partial charge in [0.05, 0.1) is 12.3 Å². The summed E-state index contributed by atoms with van der Waals surface area (Å²) in [6, 6.07) is 6.41. The molecule has 0 saturated carbocycles. The summed E-state index contributed by atoms with van der Waals surface area (Å²) in [4.78, 5) is 0. The van der Waals surface area contributed by atoms with E-state index in [2.05, 4.69) is 51.2 Å². The standard InChI is InChI=1S/C15H25NO/c1-6-7-10-17-14-9-8-12(15(2,3)4)11-13(14)16-5/h8-9,11,16H,6-7,10H2,1-5H3. The van der Waals surface area contributed by atoms with Crippen LogP contribution in [0.2, 0.25) is 0 Å². The highest BCUT2D eigenvalue weighted by Crippen LogP contribution is 2.31. The summed E-state index contributed by atoms with van der Waals surface area (Å²) in [5, 5.41) is 3.21. The van der Waals surface area contributed by atoms with Crippen LogP contribution in [-0.2, 0) is 5.41 Å². The van der Waals surface area contributed by atoms with Gasteiger partial charge in [0.15, 0.2) is 0 Å². The van der Waals surface area contributed by atoms with Crippen molar-refractivity contribution in [3.05, 3.63) is 23.8 Å². The average molecular weight is 235 g/mol. The van der Waals surface area contributed by atoms with Crippen LogP contribution in [0.1, 0.15) is 46.1 Å². The maximum atomic E-state index is 5.77. The molecule has 0 heterocycles. The summed E-state index contributed by atoms with van der Waals surface area (Å²) in [7, 11) is 1.94. The van der Waals surface area contributed by atoms with Gasteiger partial charge in [0.25, 0.3) is 0 Å². The summed E-state index contributed by atoms with van der Waals surface area (Å²) in [5.74, 6) is 0.953. The number of benzene rings is 1. The second-order valence-corrected chi connectivity index (χ2v) is 5.41. The number of ether oxygens (including phenoxy) is 1. The minimum atomic E-state index is 0.174. The fraction of sp³-hybridized carbons (Fsp3) is 0.600. The minimum absolute atomic E-state index is 0.174. The molecule has 0 unspecified atom stereocenters. The van der Waals surface area contributed by atoms with Crippen LogP contribution in [-0.4, -0.2) is 13.7 Å². The lowest BCUT2D eigenvalue weighted by Crippen LogP contribution is -2.11. The Morgan fingerprint density at radius 3 is 2.47 bits per heavy atom. The topological polar surface area (TPSA) is 21.3 Å². The third-order valence-corrected chi connectivity index (χ3v) is 2.87. The molecule has 1 aromatic rings. The smallest absolute Gasteiger partial charge is 0.142 e. The van der Waals surface area contributed by atoms with E-state index in [1.54, 1.807) is 0 Å². The van der Waals surface area contributed by atoms with Crippen LogP contribution in [0.3, 0.4) is 0 Å². The Hall–Kier alpha value is -1.18. The largest absolute Gasteiger partial charge is 0.491 e. The number of hydrogen-bond acceptors (Lipinski definition) is 2. The van der Waals surface area contributed by atoms with Crippen molar-refractivity contribution in [2.75, 3.05) is 19.0 Å². The molecular formula is C15H25NO. The molecule has 1 rings (SSSR count). The predicted molar refractivity (Wildman–Crippen MR) is 75.1 cm³/mol. The van der Waals surface area contributed by atoms with Crippen LogP contribution in [0.4, 0.5) is 5.69 Å². The Morgan fingerprint density at radius 2 is 1.94 bits per heavy atom. The Labute approximate surface area is 105 Å². The van der Waals surface area contributed by atoms with Gasteiger partial charge in [-0.15, -0.1) is 0 Å². The zero-order valence-electron chi connectivity index (χ0n) is 11.8. The fourth-order valence-corrected chi connectivity index (χ4v) is 1.64. The van der Waals surface area contributed by atoms with Gasteiger partial charge < -0.3 is 10.1 Å². The molecule has 1 aromatic carbocycles. The maximum Gasteiger partial charge on any atom is 0.142 e. The zero-order chi connectivity index (χ0) is 12.9. The Bertz CT molecular complexity index is 352. The lowest BCUT2D eigenvalue weighted by Gasteiger charge is -2.21. The summed E-state index contributed by atoms with van der Waals surface area (Å²) < 4.78 is 5.77. The zero-order valence-corrected chi connectivity index (χ0v) is 11.8. The van der Waals surface area contributed by atoms with Crippen LogP contribution in [0.25, 0.3) is 0 Å². The van der Waals surface area contributed by atoms with Gasteiger partial charge in [-0.25, -0.2) is 0 Å². The minimum Gasteiger partial charge on any atom is -0.491 e. The maximum absolute atomic E-state index is 5.77. The molecule has 0 atom stereocenters. The van der Waals surface area contributed by atoms with Gasteiger partial charge in [0.1, 0.15) is 5.75 Å². The van der Waals surface area contributed by atoms with E-state index in [1.807, 2.05) is 7.05 Å². The van der Waals surface area contributed by atoms with Crippen molar-refractivity contribution in [2.24, 2.45) is 0 Å². The van der Waals surface area contributed by atoms with E-state index in [0.717, 1.165) is 30.9 Å². The van der Waals surface area contributed by atoms with Crippen LogP contribution >= 0.6 is 0 Å². The molecule has 0 spiro atoms. The number of unbranched alkanes of at least 4 members (excludes halogenated alkanes) is 1. The van der Waals surface area contributed by atoms with Gasteiger partial charge in [0, 0.05) is 7.05 Å². The van der Waals surface area contributed by atoms with Gasteiger partial charge in [-0.1, -0.05) is 40.2 Å². The van der Waals surface area contributed by atoms with E-state index in [0.29, 0.717) is 0 Å². The van der Waals surface area contributed by atoms with Crippen molar-refractivity contribution in [3.63, 3.8) is 0 Å². The summed E-state index contributed by atoms with van der Waals surface area (Å²) in [6.45, 7) is 9.63. The van der Waals surface area contributed by atoms with Crippen LogP contribution in [0, 0.1) is 0 Å². The molecule has 1 N–H and O–H groups in total.